The fraction of sp³-hybridized carbons (Fsp3) is 0.300. The number of hydrazine groups is 1. The summed E-state index contributed by atoms with van der Waals surface area (Å²) in [5.41, 5.74) is 6.28. The van der Waals surface area contributed by atoms with E-state index in [1.54, 1.807) is 12.1 Å². The van der Waals surface area contributed by atoms with Gasteiger partial charge >= 0.3 is 0 Å². The van der Waals surface area contributed by atoms with Crippen LogP contribution in [0.3, 0.4) is 0 Å². The van der Waals surface area contributed by atoms with Crippen LogP contribution in [-0.2, 0) is 11.2 Å². The smallest absolute Gasteiger partial charge is 0.279 e. The van der Waals surface area contributed by atoms with Crippen LogP contribution in [0.4, 0.5) is 4.39 Å². The van der Waals surface area contributed by atoms with E-state index in [4.69, 9.17) is 4.74 Å². The normalized spacial score (nSPS) is 11.7. The summed E-state index contributed by atoms with van der Waals surface area (Å²) >= 11 is 0. The van der Waals surface area contributed by atoms with Crippen LogP contribution in [0, 0.1) is 11.7 Å². The van der Waals surface area contributed by atoms with Crippen LogP contribution in [0.25, 0.3) is 0 Å². The van der Waals surface area contributed by atoms with E-state index in [0.717, 1.165) is 12.0 Å². The first kappa shape index (κ1) is 19.4. The van der Waals surface area contributed by atoms with Crippen LogP contribution in [-0.4, -0.2) is 17.9 Å². The fourth-order valence-electron chi connectivity index (χ4n) is 2.33. The van der Waals surface area contributed by atoms with E-state index in [1.165, 1.54) is 31.2 Å². The Hall–Kier alpha value is -2.89. The van der Waals surface area contributed by atoms with E-state index in [-0.39, 0.29) is 5.82 Å². The summed E-state index contributed by atoms with van der Waals surface area (Å²) in [6, 6.07) is 12.6. The van der Waals surface area contributed by atoms with Crippen LogP contribution < -0.4 is 15.6 Å². The summed E-state index contributed by atoms with van der Waals surface area (Å²) in [6.07, 6.45) is 0.0887. The number of ether oxygens (including phenoxy) is 1. The second-order valence-corrected chi connectivity index (χ2v) is 6.45. The molecule has 6 heteroatoms. The van der Waals surface area contributed by atoms with E-state index in [9.17, 15) is 14.0 Å². The molecule has 0 aliphatic rings. The average molecular weight is 358 g/mol. The molecule has 0 spiro atoms. The van der Waals surface area contributed by atoms with E-state index in [0.29, 0.717) is 17.2 Å². The third-order valence-corrected chi connectivity index (χ3v) is 3.66. The molecule has 0 aliphatic heterocycles. The molecule has 0 heterocycles. The minimum absolute atomic E-state index is 0.362. The zero-order valence-electron chi connectivity index (χ0n) is 15.1. The van der Waals surface area contributed by atoms with Crippen molar-refractivity contribution in [2.24, 2.45) is 5.92 Å². The van der Waals surface area contributed by atoms with E-state index >= 15 is 0 Å². The molecule has 0 aromatic heterocycles. The Morgan fingerprint density at radius 2 is 1.58 bits per heavy atom. The predicted octanol–water partition coefficient (Wildman–Crippen LogP) is 3.25. The van der Waals surface area contributed by atoms with Gasteiger partial charge in [-0.25, -0.2) is 4.39 Å². The molecule has 26 heavy (non-hydrogen) atoms. The Morgan fingerprint density at radius 1 is 0.962 bits per heavy atom. The van der Waals surface area contributed by atoms with Gasteiger partial charge in [-0.2, -0.15) is 0 Å². The number of hydrogen-bond acceptors (Lipinski definition) is 3. The van der Waals surface area contributed by atoms with Crippen molar-refractivity contribution in [3.05, 3.63) is 65.5 Å². The summed E-state index contributed by atoms with van der Waals surface area (Å²) in [4.78, 5) is 24.1. The van der Waals surface area contributed by atoms with Crippen molar-refractivity contribution in [3.8, 4) is 5.75 Å². The van der Waals surface area contributed by atoms with Crippen molar-refractivity contribution >= 4 is 11.8 Å². The van der Waals surface area contributed by atoms with Crippen LogP contribution in [0.1, 0.15) is 36.7 Å². The zero-order valence-corrected chi connectivity index (χ0v) is 15.1. The third kappa shape index (κ3) is 5.88. The quantitative estimate of drug-likeness (QED) is 0.779. The monoisotopic (exact) mass is 358 g/mol. The second-order valence-electron chi connectivity index (χ2n) is 6.45. The van der Waals surface area contributed by atoms with Crippen LogP contribution >= 0.6 is 0 Å². The Morgan fingerprint density at radius 3 is 2.15 bits per heavy atom. The molecule has 0 aliphatic carbocycles. The summed E-state index contributed by atoms with van der Waals surface area (Å²) in [6.45, 7) is 5.79. The number of hydrogen-bond donors (Lipinski definition) is 2. The van der Waals surface area contributed by atoms with Crippen molar-refractivity contribution in [1.29, 1.82) is 0 Å². The van der Waals surface area contributed by atoms with Gasteiger partial charge in [-0.05, 0) is 61.2 Å². The van der Waals surface area contributed by atoms with Gasteiger partial charge in [-0.15, -0.1) is 0 Å². The Balaban J connectivity index is 1.83. The highest BCUT2D eigenvalue weighted by Gasteiger charge is 2.16. The summed E-state index contributed by atoms with van der Waals surface area (Å²) in [5.74, 6) is -0.415. The molecule has 2 N–H and O–H groups in total. The van der Waals surface area contributed by atoms with Gasteiger partial charge in [0, 0.05) is 5.56 Å². The molecule has 0 radical (unpaired) electrons. The lowest BCUT2D eigenvalue weighted by Crippen LogP contribution is -2.47. The number of benzene rings is 2. The number of rotatable bonds is 6. The average Bonchev–Trinajstić information content (AvgIpc) is 2.61. The molecule has 2 aromatic carbocycles. The molecule has 0 saturated heterocycles. The highest BCUT2D eigenvalue weighted by atomic mass is 19.1. The Labute approximate surface area is 152 Å². The maximum atomic E-state index is 12.9. The lowest BCUT2D eigenvalue weighted by atomic mass is 10.0. The molecule has 5 nitrogen and oxygen atoms in total. The minimum atomic E-state index is -0.853. The van der Waals surface area contributed by atoms with Gasteiger partial charge in [0.15, 0.2) is 6.10 Å². The molecule has 2 aromatic rings. The fourth-order valence-corrected chi connectivity index (χ4v) is 2.33. The predicted molar refractivity (Wildman–Crippen MR) is 97.1 cm³/mol. The van der Waals surface area contributed by atoms with Gasteiger partial charge in [0.2, 0.25) is 0 Å². The highest BCUT2D eigenvalue weighted by molar-refractivity contribution is 5.95. The molecule has 0 bridgehead atoms. The molecule has 0 fully saturated rings. The first-order chi connectivity index (χ1) is 12.3. The lowest BCUT2D eigenvalue weighted by molar-refractivity contribution is -0.128. The summed E-state index contributed by atoms with van der Waals surface area (Å²) in [5, 5.41) is 0. The van der Waals surface area contributed by atoms with Gasteiger partial charge in [-0.3, -0.25) is 20.4 Å². The third-order valence-electron chi connectivity index (χ3n) is 3.66. The van der Waals surface area contributed by atoms with Crippen LogP contribution in [0.5, 0.6) is 5.75 Å². The number of nitrogens with one attached hydrogen (secondary N) is 2. The van der Waals surface area contributed by atoms with Gasteiger partial charge in [0.1, 0.15) is 11.6 Å². The number of carbonyl (C=O) groups excluding carboxylic acids is 2. The molecular weight excluding hydrogens is 335 g/mol. The van der Waals surface area contributed by atoms with Crippen molar-refractivity contribution in [1.82, 2.24) is 10.9 Å². The number of amides is 2. The van der Waals surface area contributed by atoms with Crippen molar-refractivity contribution in [3.63, 3.8) is 0 Å². The second kappa shape index (κ2) is 8.99. The van der Waals surface area contributed by atoms with E-state index < -0.39 is 17.9 Å². The number of halogens is 1. The van der Waals surface area contributed by atoms with Gasteiger partial charge in [-0.1, -0.05) is 26.0 Å². The van der Waals surface area contributed by atoms with Crippen LogP contribution in [0.2, 0.25) is 0 Å². The van der Waals surface area contributed by atoms with E-state index in [1.807, 2.05) is 12.1 Å². The maximum Gasteiger partial charge on any atom is 0.279 e. The van der Waals surface area contributed by atoms with Crippen molar-refractivity contribution in [2.45, 2.75) is 33.3 Å². The Bertz CT molecular complexity index is 743. The first-order valence-corrected chi connectivity index (χ1v) is 8.46. The maximum absolute atomic E-state index is 12.9. The standard InChI is InChI=1S/C20H23FN2O3/c1-13(2)12-15-4-6-16(7-5-15)20(25)23-22-19(24)14(3)26-18-10-8-17(21)9-11-18/h4-11,13-14H,12H2,1-3H3,(H,22,24)(H,23,25)/t14-/m0/s1. The van der Waals surface area contributed by atoms with Gasteiger partial charge < -0.3 is 4.74 Å². The van der Waals surface area contributed by atoms with Crippen molar-refractivity contribution in [2.75, 3.05) is 0 Å². The summed E-state index contributed by atoms with van der Waals surface area (Å²) < 4.78 is 18.2. The molecule has 0 unspecified atom stereocenters. The molecular formula is C20H23FN2O3. The number of carbonyl (C=O) groups is 2. The minimum Gasteiger partial charge on any atom is -0.481 e. The lowest BCUT2D eigenvalue weighted by Gasteiger charge is -2.15. The first-order valence-electron chi connectivity index (χ1n) is 8.46. The molecule has 0 saturated carbocycles. The highest BCUT2D eigenvalue weighted by Crippen LogP contribution is 2.13. The zero-order chi connectivity index (χ0) is 19.1. The van der Waals surface area contributed by atoms with Gasteiger partial charge in [0.25, 0.3) is 11.8 Å². The SMILES string of the molecule is CC(C)Cc1ccc(C(=O)NNC(=O)[C@H](C)Oc2ccc(F)cc2)cc1. The molecule has 138 valence electrons. The molecule has 1 atom stereocenters. The van der Waals surface area contributed by atoms with Gasteiger partial charge in [0.05, 0.1) is 0 Å². The molecule has 2 rings (SSSR count). The van der Waals surface area contributed by atoms with Crippen molar-refractivity contribution < 1.29 is 18.7 Å². The Kier molecular flexibility index (Phi) is 6.72. The van der Waals surface area contributed by atoms with Crippen LogP contribution in [0.15, 0.2) is 48.5 Å². The largest absolute Gasteiger partial charge is 0.481 e. The topological polar surface area (TPSA) is 67.4 Å². The van der Waals surface area contributed by atoms with E-state index in [2.05, 4.69) is 24.7 Å². The summed E-state index contributed by atoms with van der Waals surface area (Å²) in [7, 11) is 0. The molecule has 2 amide bonds.